The Bertz CT molecular complexity index is 648. The van der Waals surface area contributed by atoms with E-state index in [1.165, 1.54) is 83.5 Å². The first kappa shape index (κ1) is 22.9. The predicted molar refractivity (Wildman–Crippen MR) is 125 cm³/mol. The molecule has 2 fully saturated rings. The van der Waals surface area contributed by atoms with Crippen molar-refractivity contribution in [1.82, 2.24) is 4.90 Å². The molecule has 0 radical (unpaired) electrons. The van der Waals surface area contributed by atoms with Gasteiger partial charge in [-0.25, -0.2) is 4.79 Å². The molecule has 0 N–H and O–H groups in total. The summed E-state index contributed by atoms with van der Waals surface area (Å²) in [5.74, 6) is 1.41. The summed E-state index contributed by atoms with van der Waals surface area (Å²) >= 11 is 0. The van der Waals surface area contributed by atoms with Gasteiger partial charge < -0.3 is 4.74 Å². The number of amides is 1. The van der Waals surface area contributed by atoms with E-state index < -0.39 is 0 Å². The minimum Gasteiger partial charge on any atom is -0.412 e. The molecule has 1 heterocycles. The molecular formula is C27H41NO2. The third-order valence-electron chi connectivity index (χ3n) is 6.77. The second-order valence-electron chi connectivity index (χ2n) is 9.19. The highest BCUT2D eigenvalue weighted by atomic mass is 16.6. The average Bonchev–Trinajstić information content (AvgIpc) is 3.08. The lowest BCUT2D eigenvalue weighted by atomic mass is 9.82. The highest BCUT2D eigenvalue weighted by Gasteiger charge is 2.42. The van der Waals surface area contributed by atoms with Crippen molar-refractivity contribution < 1.29 is 9.53 Å². The molecule has 3 nitrogen and oxygen atoms in total. The number of hydrogen-bond donors (Lipinski definition) is 0. The summed E-state index contributed by atoms with van der Waals surface area (Å²) in [6.45, 7) is 3.10. The lowest BCUT2D eigenvalue weighted by Gasteiger charge is -2.32. The summed E-state index contributed by atoms with van der Waals surface area (Å²) in [4.78, 5) is 14.8. The SMILES string of the molecule is CCCCCCCCCCCN1C(=O)O/C(=C\c2ccccc2)C1C1CCCCC1. The Labute approximate surface area is 183 Å². The molecule has 1 aromatic carbocycles. The first-order valence-electron chi connectivity index (χ1n) is 12.5. The van der Waals surface area contributed by atoms with Gasteiger partial charge in [-0.2, -0.15) is 0 Å². The summed E-state index contributed by atoms with van der Waals surface area (Å²) < 4.78 is 5.82. The van der Waals surface area contributed by atoms with Crippen LogP contribution in [0.3, 0.4) is 0 Å². The quantitative estimate of drug-likeness (QED) is 0.326. The van der Waals surface area contributed by atoms with Gasteiger partial charge in [-0.05, 0) is 36.8 Å². The highest BCUT2D eigenvalue weighted by Crippen LogP contribution is 2.38. The van der Waals surface area contributed by atoms with Crippen LogP contribution in [0.4, 0.5) is 4.79 Å². The zero-order valence-electron chi connectivity index (χ0n) is 19.0. The molecule has 0 spiro atoms. The summed E-state index contributed by atoms with van der Waals surface area (Å²) in [6.07, 6.45) is 20.0. The van der Waals surface area contributed by atoms with Crippen LogP contribution in [0.2, 0.25) is 0 Å². The standard InChI is InChI=1S/C27H41NO2/c1-2-3-4-5-6-7-8-9-16-21-28-26(24-19-14-11-15-20-24)25(30-27(28)29)22-23-17-12-10-13-18-23/h10,12-13,17-18,22,24,26H,2-9,11,14-16,19-21H2,1H3/b25-22-. The van der Waals surface area contributed by atoms with Crippen LogP contribution in [-0.4, -0.2) is 23.6 Å². The van der Waals surface area contributed by atoms with E-state index in [-0.39, 0.29) is 12.1 Å². The Kier molecular flexibility index (Phi) is 9.79. The van der Waals surface area contributed by atoms with Crippen molar-refractivity contribution in [3.8, 4) is 0 Å². The van der Waals surface area contributed by atoms with Crippen LogP contribution in [0, 0.1) is 5.92 Å². The molecule has 1 saturated heterocycles. The fourth-order valence-corrected chi connectivity index (χ4v) is 5.08. The number of benzene rings is 1. The maximum absolute atomic E-state index is 12.8. The molecule has 3 rings (SSSR count). The molecule has 1 saturated carbocycles. The summed E-state index contributed by atoms with van der Waals surface area (Å²) in [5.41, 5.74) is 1.12. The summed E-state index contributed by atoms with van der Waals surface area (Å²) in [6, 6.07) is 10.4. The molecule has 1 aliphatic heterocycles. The van der Waals surface area contributed by atoms with Crippen molar-refractivity contribution in [1.29, 1.82) is 0 Å². The van der Waals surface area contributed by atoms with E-state index in [4.69, 9.17) is 4.74 Å². The van der Waals surface area contributed by atoms with Gasteiger partial charge >= 0.3 is 6.09 Å². The number of nitrogens with zero attached hydrogens (tertiary/aromatic N) is 1. The summed E-state index contributed by atoms with van der Waals surface area (Å²) in [5, 5.41) is 0. The van der Waals surface area contributed by atoms with Crippen LogP contribution in [0.5, 0.6) is 0 Å². The molecule has 1 aromatic rings. The number of unbranched alkanes of at least 4 members (excludes halogenated alkanes) is 8. The zero-order valence-corrected chi connectivity index (χ0v) is 19.0. The topological polar surface area (TPSA) is 29.5 Å². The van der Waals surface area contributed by atoms with E-state index in [9.17, 15) is 4.79 Å². The Hall–Kier alpha value is -1.77. The van der Waals surface area contributed by atoms with Gasteiger partial charge in [-0.15, -0.1) is 0 Å². The molecule has 1 atom stereocenters. The fraction of sp³-hybridized carbons (Fsp3) is 0.667. The number of carbonyl (C=O) groups excluding carboxylic acids is 1. The second-order valence-corrected chi connectivity index (χ2v) is 9.19. The molecule has 0 aromatic heterocycles. The lowest BCUT2D eigenvalue weighted by molar-refractivity contribution is 0.153. The van der Waals surface area contributed by atoms with Crippen molar-refractivity contribution in [3.05, 3.63) is 41.7 Å². The Morgan fingerprint density at radius 1 is 0.900 bits per heavy atom. The number of cyclic esters (lactones) is 1. The molecular weight excluding hydrogens is 370 g/mol. The molecule has 2 aliphatic rings. The minimum absolute atomic E-state index is 0.132. The van der Waals surface area contributed by atoms with Crippen molar-refractivity contribution >= 4 is 12.2 Å². The molecule has 1 aliphatic carbocycles. The number of hydrogen-bond acceptors (Lipinski definition) is 2. The van der Waals surface area contributed by atoms with Gasteiger partial charge in [0, 0.05) is 6.54 Å². The Morgan fingerprint density at radius 3 is 2.20 bits per heavy atom. The molecule has 1 amide bonds. The van der Waals surface area contributed by atoms with Crippen LogP contribution in [0.25, 0.3) is 6.08 Å². The van der Waals surface area contributed by atoms with Crippen molar-refractivity contribution in [2.45, 2.75) is 103 Å². The van der Waals surface area contributed by atoms with E-state index in [1.807, 2.05) is 23.1 Å². The second kappa shape index (κ2) is 12.8. The van der Waals surface area contributed by atoms with Crippen LogP contribution in [0.1, 0.15) is 102 Å². The minimum atomic E-state index is -0.132. The smallest absolute Gasteiger partial charge is 0.412 e. The van der Waals surface area contributed by atoms with Crippen LogP contribution >= 0.6 is 0 Å². The molecule has 1 unspecified atom stereocenters. The van der Waals surface area contributed by atoms with Gasteiger partial charge in [0.05, 0.1) is 6.04 Å². The monoisotopic (exact) mass is 411 g/mol. The maximum Gasteiger partial charge on any atom is 0.415 e. The van der Waals surface area contributed by atoms with E-state index >= 15 is 0 Å². The number of carbonyl (C=O) groups is 1. The first-order chi connectivity index (χ1) is 14.8. The largest absolute Gasteiger partial charge is 0.415 e. The van der Waals surface area contributed by atoms with Gasteiger partial charge in [0.1, 0.15) is 5.76 Å². The van der Waals surface area contributed by atoms with Crippen LogP contribution in [0.15, 0.2) is 36.1 Å². The van der Waals surface area contributed by atoms with E-state index in [0.717, 1.165) is 24.3 Å². The van der Waals surface area contributed by atoms with Gasteiger partial charge in [0.2, 0.25) is 0 Å². The Morgan fingerprint density at radius 2 is 1.53 bits per heavy atom. The van der Waals surface area contributed by atoms with Gasteiger partial charge in [0.15, 0.2) is 0 Å². The van der Waals surface area contributed by atoms with Gasteiger partial charge in [-0.1, -0.05) is 108 Å². The third kappa shape index (κ3) is 6.89. The highest BCUT2D eigenvalue weighted by molar-refractivity contribution is 5.75. The van der Waals surface area contributed by atoms with Crippen LogP contribution < -0.4 is 0 Å². The van der Waals surface area contributed by atoms with E-state index in [0.29, 0.717) is 5.92 Å². The lowest BCUT2D eigenvalue weighted by Crippen LogP contribution is -2.39. The van der Waals surface area contributed by atoms with Gasteiger partial charge in [-0.3, -0.25) is 4.90 Å². The number of rotatable bonds is 12. The van der Waals surface area contributed by atoms with Crippen molar-refractivity contribution in [2.75, 3.05) is 6.54 Å². The van der Waals surface area contributed by atoms with E-state index in [2.05, 4.69) is 25.1 Å². The predicted octanol–water partition coefficient (Wildman–Crippen LogP) is 7.96. The first-order valence-corrected chi connectivity index (χ1v) is 12.5. The molecule has 166 valence electrons. The third-order valence-corrected chi connectivity index (χ3v) is 6.77. The Balaban J connectivity index is 1.54. The number of ether oxygens (including phenoxy) is 1. The van der Waals surface area contributed by atoms with Crippen molar-refractivity contribution in [2.24, 2.45) is 5.92 Å². The average molecular weight is 412 g/mol. The zero-order chi connectivity index (χ0) is 21.0. The summed E-state index contributed by atoms with van der Waals surface area (Å²) in [7, 11) is 0. The fourth-order valence-electron chi connectivity index (χ4n) is 5.08. The van der Waals surface area contributed by atoms with Crippen LogP contribution in [-0.2, 0) is 4.74 Å². The molecule has 3 heteroatoms. The van der Waals surface area contributed by atoms with Crippen molar-refractivity contribution in [3.63, 3.8) is 0 Å². The molecule has 30 heavy (non-hydrogen) atoms. The maximum atomic E-state index is 12.8. The molecule has 0 bridgehead atoms. The normalized spacial score (nSPS) is 21.4. The van der Waals surface area contributed by atoms with Gasteiger partial charge in [0.25, 0.3) is 0 Å². The van der Waals surface area contributed by atoms with E-state index in [1.54, 1.807) is 0 Å².